The molecule has 1 aromatic carbocycles. The van der Waals surface area contributed by atoms with Crippen molar-refractivity contribution in [2.75, 3.05) is 19.6 Å². The number of nitrogens with two attached hydrogens (primary N) is 1. The van der Waals surface area contributed by atoms with Crippen LogP contribution in [0.5, 0.6) is 0 Å². The zero-order valence-corrected chi connectivity index (χ0v) is 11.8. The van der Waals surface area contributed by atoms with Gasteiger partial charge in [-0.05, 0) is 42.6 Å². The second-order valence-electron chi connectivity index (χ2n) is 6.44. The molecule has 0 aliphatic heterocycles. The van der Waals surface area contributed by atoms with Gasteiger partial charge in [-0.2, -0.15) is 0 Å². The summed E-state index contributed by atoms with van der Waals surface area (Å²) in [6, 6.07) is 10.8. The lowest BCUT2D eigenvalue weighted by Gasteiger charge is -2.29. The molecule has 104 valence electrons. The Balaban J connectivity index is 1.58. The van der Waals surface area contributed by atoms with Crippen molar-refractivity contribution in [1.82, 2.24) is 4.90 Å². The molecule has 3 atom stereocenters. The fraction of sp³-hybridized carbons (Fsp3) is 0.647. The zero-order valence-electron chi connectivity index (χ0n) is 11.8. The number of hydrogen-bond acceptors (Lipinski definition) is 2. The van der Waals surface area contributed by atoms with E-state index in [2.05, 4.69) is 35.2 Å². The fourth-order valence-electron chi connectivity index (χ4n) is 4.19. The van der Waals surface area contributed by atoms with Gasteiger partial charge in [-0.3, -0.25) is 4.90 Å². The first-order valence-electron chi connectivity index (χ1n) is 7.81. The van der Waals surface area contributed by atoms with Gasteiger partial charge < -0.3 is 5.73 Å². The third kappa shape index (κ3) is 3.18. The molecule has 0 saturated heterocycles. The molecule has 2 aliphatic carbocycles. The van der Waals surface area contributed by atoms with Crippen molar-refractivity contribution in [3.63, 3.8) is 0 Å². The summed E-state index contributed by atoms with van der Waals surface area (Å²) >= 11 is 0. The summed E-state index contributed by atoms with van der Waals surface area (Å²) in [5.41, 5.74) is 7.21. The second-order valence-corrected chi connectivity index (χ2v) is 6.44. The monoisotopic (exact) mass is 258 g/mol. The van der Waals surface area contributed by atoms with Gasteiger partial charge in [0.1, 0.15) is 0 Å². The Hall–Kier alpha value is -0.860. The Morgan fingerprint density at radius 2 is 1.95 bits per heavy atom. The van der Waals surface area contributed by atoms with Gasteiger partial charge in [0, 0.05) is 26.2 Å². The van der Waals surface area contributed by atoms with Crippen molar-refractivity contribution < 1.29 is 0 Å². The molecule has 0 amide bonds. The van der Waals surface area contributed by atoms with Crippen molar-refractivity contribution in [2.45, 2.75) is 32.2 Å². The standard InChI is InChI=1S/C17H26N2/c18-8-9-19(12-14-4-2-1-3-5-14)13-17-11-15-6-7-16(17)10-15/h1-5,15-17H,6-13,18H2. The third-order valence-electron chi connectivity index (χ3n) is 5.07. The van der Waals surface area contributed by atoms with Gasteiger partial charge >= 0.3 is 0 Å². The molecule has 2 aliphatic rings. The van der Waals surface area contributed by atoms with Gasteiger partial charge in [0.05, 0.1) is 0 Å². The molecule has 0 heterocycles. The van der Waals surface area contributed by atoms with Gasteiger partial charge in [0.15, 0.2) is 0 Å². The smallest absolute Gasteiger partial charge is 0.0234 e. The Kier molecular flexibility index (Phi) is 4.19. The molecule has 0 spiro atoms. The van der Waals surface area contributed by atoms with Crippen LogP contribution in [-0.2, 0) is 6.54 Å². The molecule has 0 radical (unpaired) electrons. The van der Waals surface area contributed by atoms with E-state index in [-0.39, 0.29) is 0 Å². The maximum Gasteiger partial charge on any atom is 0.0234 e. The van der Waals surface area contributed by atoms with E-state index < -0.39 is 0 Å². The molecule has 2 fully saturated rings. The quantitative estimate of drug-likeness (QED) is 0.850. The maximum absolute atomic E-state index is 5.79. The van der Waals surface area contributed by atoms with E-state index in [1.165, 1.54) is 37.8 Å². The summed E-state index contributed by atoms with van der Waals surface area (Å²) in [6.45, 7) is 4.12. The summed E-state index contributed by atoms with van der Waals surface area (Å²) in [6.07, 6.45) is 5.96. The molecule has 1 aromatic rings. The highest BCUT2D eigenvalue weighted by atomic mass is 15.1. The van der Waals surface area contributed by atoms with Crippen LogP contribution in [0.2, 0.25) is 0 Å². The number of hydrogen-bond donors (Lipinski definition) is 1. The molecular weight excluding hydrogens is 232 g/mol. The Bertz CT molecular complexity index is 390. The Morgan fingerprint density at radius 1 is 1.11 bits per heavy atom. The summed E-state index contributed by atoms with van der Waals surface area (Å²) in [4.78, 5) is 2.57. The first-order valence-corrected chi connectivity index (χ1v) is 7.81. The molecular formula is C17H26N2. The number of fused-ring (bicyclic) bond motifs is 2. The van der Waals surface area contributed by atoms with Crippen molar-refractivity contribution in [1.29, 1.82) is 0 Å². The molecule has 0 aromatic heterocycles. The third-order valence-corrected chi connectivity index (χ3v) is 5.07. The van der Waals surface area contributed by atoms with E-state index in [1.807, 2.05) is 0 Å². The second kappa shape index (κ2) is 6.06. The maximum atomic E-state index is 5.79. The number of nitrogens with zero attached hydrogens (tertiary/aromatic N) is 1. The Morgan fingerprint density at radius 3 is 2.58 bits per heavy atom. The van der Waals surface area contributed by atoms with Gasteiger partial charge in [0.2, 0.25) is 0 Å². The van der Waals surface area contributed by atoms with E-state index in [0.717, 1.165) is 37.4 Å². The number of rotatable bonds is 6. The first-order chi connectivity index (χ1) is 9.35. The minimum Gasteiger partial charge on any atom is -0.329 e. The zero-order chi connectivity index (χ0) is 13.1. The van der Waals surface area contributed by atoms with Crippen LogP contribution in [0.15, 0.2) is 30.3 Å². The molecule has 3 rings (SSSR count). The highest BCUT2D eigenvalue weighted by Gasteiger charge is 2.39. The minimum absolute atomic E-state index is 0.771. The molecule has 2 heteroatoms. The Labute approximate surface area is 117 Å². The van der Waals surface area contributed by atoms with Gasteiger partial charge in [0.25, 0.3) is 0 Å². The number of benzene rings is 1. The summed E-state index contributed by atoms with van der Waals surface area (Å²) in [5.74, 6) is 3.00. The van der Waals surface area contributed by atoms with E-state index in [1.54, 1.807) is 0 Å². The molecule has 3 unspecified atom stereocenters. The predicted molar refractivity (Wildman–Crippen MR) is 79.7 cm³/mol. The average molecular weight is 258 g/mol. The van der Waals surface area contributed by atoms with Crippen LogP contribution >= 0.6 is 0 Å². The summed E-state index contributed by atoms with van der Waals surface area (Å²) in [7, 11) is 0. The van der Waals surface area contributed by atoms with Crippen LogP contribution in [0.3, 0.4) is 0 Å². The van der Waals surface area contributed by atoms with Crippen LogP contribution in [0, 0.1) is 17.8 Å². The fourth-order valence-corrected chi connectivity index (χ4v) is 4.19. The van der Waals surface area contributed by atoms with Crippen molar-refractivity contribution in [2.24, 2.45) is 23.5 Å². The molecule has 2 bridgehead atoms. The van der Waals surface area contributed by atoms with Gasteiger partial charge in [-0.25, -0.2) is 0 Å². The van der Waals surface area contributed by atoms with Crippen LogP contribution in [-0.4, -0.2) is 24.5 Å². The van der Waals surface area contributed by atoms with Gasteiger partial charge in [-0.15, -0.1) is 0 Å². The van der Waals surface area contributed by atoms with Crippen molar-refractivity contribution in [3.05, 3.63) is 35.9 Å². The molecule has 2 N–H and O–H groups in total. The molecule has 2 saturated carbocycles. The first kappa shape index (κ1) is 13.1. The van der Waals surface area contributed by atoms with E-state index in [4.69, 9.17) is 5.73 Å². The molecule has 19 heavy (non-hydrogen) atoms. The highest BCUT2D eigenvalue weighted by Crippen LogP contribution is 2.48. The van der Waals surface area contributed by atoms with Crippen LogP contribution in [0.25, 0.3) is 0 Å². The largest absolute Gasteiger partial charge is 0.329 e. The van der Waals surface area contributed by atoms with Gasteiger partial charge in [-0.1, -0.05) is 36.8 Å². The molecule has 2 nitrogen and oxygen atoms in total. The van der Waals surface area contributed by atoms with Crippen molar-refractivity contribution >= 4 is 0 Å². The minimum atomic E-state index is 0.771. The lowest BCUT2D eigenvalue weighted by molar-refractivity contribution is 0.187. The van der Waals surface area contributed by atoms with E-state index in [0.29, 0.717) is 0 Å². The topological polar surface area (TPSA) is 29.3 Å². The average Bonchev–Trinajstić information content (AvgIpc) is 3.02. The predicted octanol–water partition coefficient (Wildman–Crippen LogP) is 2.88. The lowest BCUT2D eigenvalue weighted by Crippen LogP contribution is -2.35. The SMILES string of the molecule is NCCN(Cc1ccccc1)CC1CC2CCC1C2. The summed E-state index contributed by atoms with van der Waals surface area (Å²) < 4.78 is 0. The van der Waals surface area contributed by atoms with Crippen LogP contribution < -0.4 is 5.73 Å². The van der Waals surface area contributed by atoms with Crippen molar-refractivity contribution in [3.8, 4) is 0 Å². The highest BCUT2D eigenvalue weighted by molar-refractivity contribution is 5.14. The summed E-state index contributed by atoms with van der Waals surface area (Å²) in [5, 5.41) is 0. The lowest BCUT2D eigenvalue weighted by atomic mass is 9.88. The van der Waals surface area contributed by atoms with E-state index >= 15 is 0 Å². The van der Waals surface area contributed by atoms with Crippen LogP contribution in [0.4, 0.5) is 0 Å². The van der Waals surface area contributed by atoms with E-state index in [9.17, 15) is 0 Å². The normalized spacial score (nSPS) is 29.3. The van der Waals surface area contributed by atoms with Crippen LogP contribution in [0.1, 0.15) is 31.2 Å².